The molecule has 0 radical (unpaired) electrons. The van der Waals surface area contributed by atoms with Crippen LogP contribution in [0, 0.1) is 17.2 Å². The Kier molecular flexibility index (Phi) is 4.57. The Balaban J connectivity index is 3.84. The van der Waals surface area contributed by atoms with Crippen LogP contribution in [0.3, 0.4) is 0 Å². The van der Waals surface area contributed by atoms with Crippen molar-refractivity contribution in [3.63, 3.8) is 0 Å². The quantitative estimate of drug-likeness (QED) is 0.597. The fourth-order valence-corrected chi connectivity index (χ4v) is 0.833. The molecule has 0 saturated carbocycles. The number of nitrogens with zero attached hydrogens (tertiary/aromatic N) is 1. The zero-order valence-electron chi connectivity index (χ0n) is 6.55. The molecular formula is C8H13NO. The lowest BCUT2D eigenvalue weighted by molar-refractivity contribution is -0.121. The molecule has 0 rings (SSSR count). The minimum atomic E-state index is -0.352. The summed E-state index contributed by atoms with van der Waals surface area (Å²) in [7, 11) is 0. The van der Waals surface area contributed by atoms with Crippen molar-refractivity contribution in [3.05, 3.63) is 0 Å². The van der Waals surface area contributed by atoms with Gasteiger partial charge in [-0.3, -0.25) is 4.79 Å². The highest BCUT2D eigenvalue weighted by Gasteiger charge is 2.13. The molecule has 0 aromatic rings. The highest BCUT2D eigenvalue weighted by atomic mass is 16.1. The summed E-state index contributed by atoms with van der Waals surface area (Å²) in [5.41, 5.74) is 0. The highest BCUT2D eigenvalue weighted by Crippen LogP contribution is 2.07. The van der Waals surface area contributed by atoms with E-state index in [0.29, 0.717) is 12.8 Å². The molecule has 10 heavy (non-hydrogen) atoms. The number of hydrogen-bond donors (Lipinski definition) is 0. The lowest BCUT2D eigenvalue weighted by Crippen LogP contribution is -2.10. The molecule has 0 fully saturated rings. The molecule has 1 atom stereocenters. The first kappa shape index (κ1) is 9.16. The van der Waals surface area contributed by atoms with Crippen molar-refractivity contribution in [3.8, 4) is 6.07 Å². The number of hydrogen-bond acceptors (Lipinski definition) is 2. The van der Waals surface area contributed by atoms with Gasteiger partial charge in [-0.2, -0.15) is 5.26 Å². The molecule has 0 amide bonds. The number of carbonyl (C=O) groups excluding carboxylic acids is 1. The van der Waals surface area contributed by atoms with Crippen molar-refractivity contribution in [1.82, 2.24) is 0 Å². The first-order chi connectivity index (χ1) is 4.76. The minimum Gasteiger partial charge on any atom is -0.298 e. The Morgan fingerprint density at radius 2 is 2.20 bits per heavy atom. The topological polar surface area (TPSA) is 40.9 Å². The smallest absolute Gasteiger partial charge is 0.149 e. The molecule has 0 aromatic carbocycles. The molecule has 0 spiro atoms. The average molecular weight is 139 g/mol. The van der Waals surface area contributed by atoms with Gasteiger partial charge in [0.2, 0.25) is 0 Å². The monoisotopic (exact) mass is 139 g/mol. The van der Waals surface area contributed by atoms with E-state index in [-0.39, 0.29) is 11.7 Å². The molecule has 0 bridgehead atoms. The van der Waals surface area contributed by atoms with Crippen LogP contribution in [0.2, 0.25) is 0 Å². The molecule has 56 valence electrons. The second-order valence-electron chi connectivity index (χ2n) is 2.29. The van der Waals surface area contributed by atoms with Crippen LogP contribution in [0.25, 0.3) is 0 Å². The van der Waals surface area contributed by atoms with Gasteiger partial charge in [-0.05, 0) is 6.42 Å². The molecule has 0 saturated heterocycles. The van der Waals surface area contributed by atoms with Crippen molar-refractivity contribution >= 4 is 5.78 Å². The first-order valence-electron chi connectivity index (χ1n) is 3.68. The zero-order valence-corrected chi connectivity index (χ0v) is 6.55. The second-order valence-corrected chi connectivity index (χ2v) is 2.29. The van der Waals surface area contributed by atoms with Gasteiger partial charge in [-0.1, -0.05) is 20.3 Å². The Bertz CT molecular complexity index is 146. The molecule has 0 aromatic heterocycles. The van der Waals surface area contributed by atoms with E-state index in [1.807, 2.05) is 13.0 Å². The van der Waals surface area contributed by atoms with E-state index in [1.54, 1.807) is 6.92 Å². The summed E-state index contributed by atoms with van der Waals surface area (Å²) in [5.74, 6) is -0.278. The number of ketones is 1. The summed E-state index contributed by atoms with van der Waals surface area (Å²) >= 11 is 0. The Labute approximate surface area is 61.8 Å². The van der Waals surface area contributed by atoms with E-state index in [9.17, 15) is 4.79 Å². The SMILES string of the molecule is CCCC(C#N)C(=O)CC. The maximum atomic E-state index is 10.9. The van der Waals surface area contributed by atoms with Gasteiger partial charge in [-0.15, -0.1) is 0 Å². The molecule has 0 aliphatic rings. The standard InChI is InChI=1S/C8H13NO/c1-3-5-7(6-9)8(10)4-2/h7H,3-5H2,1-2H3. The molecule has 0 N–H and O–H groups in total. The third-order valence-corrected chi connectivity index (χ3v) is 1.47. The Morgan fingerprint density at radius 1 is 1.60 bits per heavy atom. The van der Waals surface area contributed by atoms with E-state index in [4.69, 9.17) is 5.26 Å². The molecular weight excluding hydrogens is 126 g/mol. The molecule has 0 aliphatic carbocycles. The lowest BCUT2D eigenvalue weighted by atomic mass is 9.99. The van der Waals surface area contributed by atoms with E-state index in [0.717, 1.165) is 6.42 Å². The Morgan fingerprint density at radius 3 is 2.50 bits per heavy atom. The molecule has 2 nitrogen and oxygen atoms in total. The van der Waals surface area contributed by atoms with Gasteiger partial charge in [0, 0.05) is 6.42 Å². The highest BCUT2D eigenvalue weighted by molar-refractivity contribution is 5.82. The van der Waals surface area contributed by atoms with Crippen LogP contribution in [-0.4, -0.2) is 5.78 Å². The van der Waals surface area contributed by atoms with Crippen molar-refractivity contribution in [2.24, 2.45) is 5.92 Å². The predicted molar refractivity (Wildman–Crippen MR) is 39.3 cm³/mol. The molecule has 0 aliphatic heterocycles. The maximum absolute atomic E-state index is 10.9. The third-order valence-electron chi connectivity index (χ3n) is 1.47. The minimum absolute atomic E-state index is 0.0735. The molecule has 2 heteroatoms. The predicted octanol–water partition coefficient (Wildman–Crippen LogP) is 1.91. The fourth-order valence-electron chi connectivity index (χ4n) is 0.833. The van der Waals surface area contributed by atoms with Gasteiger partial charge in [0.25, 0.3) is 0 Å². The summed E-state index contributed by atoms with van der Waals surface area (Å²) in [6.07, 6.45) is 2.10. The summed E-state index contributed by atoms with van der Waals surface area (Å²) in [5, 5.41) is 8.49. The summed E-state index contributed by atoms with van der Waals surface area (Å²) < 4.78 is 0. The maximum Gasteiger partial charge on any atom is 0.149 e. The van der Waals surface area contributed by atoms with Crippen LogP contribution in [0.4, 0.5) is 0 Å². The second kappa shape index (κ2) is 4.99. The first-order valence-corrected chi connectivity index (χ1v) is 3.68. The van der Waals surface area contributed by atoms with Crippen LogP contribution in [0.15, 0.2) is 0 Å². The van der Waals surface area contributed by atoms with Crippen molar-refractivity contribution < 1.29 is 4.79 Å². The largest absolute Gasteiger partial charge is 0.298 e. The summed E-state index contributed by atoms with van der Waals surface area (Å²) in [4.78, 5) is 10.9. The van der Waals surface area contributed by atoms with Gasteiger partial charge in [0.15, 0.2) is 0 Å². The van der Waals surface area contributed by atoms with Crippen molar-refractivity contribution in [2.75, 3.05) is 0 Å². The van der Waals surface area contributed by atoms with Gasteiger partial charge in [-0.25, -0.2) is 0 Å². The number of carbonyl (C=O) groups is 1. The fraction of sp³-hybridized carbons (Fsp3) is 0.750. The lowest BCUT2D eigenvalue weighted by Gasteiger charge is -2.02. The van der Waals surface area contributed by atoms with Crippen molar-refractivity contribution in [2.45, 2.75) is 33.1 Å². The summed E-state index contributed by atoms with van der Waals surface area (Å²) in [6, 6.07) is 2.00. The van der Waals surface area contributed by atoms with E-state index in [1.165, 1.54) is 0 Å². The van der Waals surface area contributed by atoms with Crippen molar-refractivity contribution in [1.29, 1.82) is 5.26 Å². The van der Waals surface area contributed by atoms with Gasteiger partial charge in [0.05, 0.1) is 6.07 Å². The zero-order chi connectivity index (χ0) is 7.98. The molecule has 1 unspecified atom stereocenters. The van der Waals surface area contributed by atoms with Gasteiger partial charge in [0.1, 0.15) is 11.7 Å². The Hall–Kier alpha value is -0.840. The van der Waals surface area contributed by atoms with E-state index in [2.05, 4.69) is 0 Å². The molecule has 0 heterocycles. The van der Waals surface area contributed by atoms with Crippen LogP contribution in [0.1, 0.15) is 33.1 Å². The van der Waals surface area contributed by atoms with E-state index < -0.39 is 0 Å². The van der Waals surface area contributed by atoms with E-state index >= 15 is 0 Å². The van der Waals surface area contributed by atoms with Gasteiger partial charge < -0.3 is 0 Å². The van der Waals surface area contributed by atoms with Crippen LogP contribution in [-0.2, 0) is 4.79 Å². The number of nitriles is 1. The summed E-state index contributed by atoms with van der Waals surface area (Å²) in [6.45, 7) is 3.77. The van der Waals surface area contributed by atoms with Gasteiger partial charge >= 0.3 is 0 Å². The number of Topliss-reactive ketones (excluding diaryl/α,β-unsaturated/α-hetero) is 1. The van der Waals surface area contributed by atoms with Crippen LogP contribution >= 0.6 is 0 Å². The normalized spacial score (nSPS) is 12.1. The average Bonchev–Trinajstić information content (AvgIpc) is 1.99. The van der Waals surface area contributed by atoms with Crippen LogP contribution in [0.5, 0.6) is 0 Å². The number of rotatable bonds is 4. The third kappa shape index (κ3) is 2.63. The van der Waals surface area contributed by atoms with Crippen LogP contribution < -0.4 is 0 Å².